The molecular formula is C15H21N3O4. The fourth-order valence-electron chi connectivity index (χ4n) is 2.60. The first kappa shape index (κ1) is 16.7. The minimum Gasteiger partial charge on any atom is -0.373 e. The molecule has 1 aliphatic rings. The lowest BCUT2D eigenvalue weighted by Gasteiger charge is -2.42. The Morgan fingerprint density at radius 2 is 1.91 bits per heavy atom. The van der Waals surface area contributed by atoms with Gasteiger partial charge in [-0.15, -0.1) is 0 Å². The van der Waals surface area contributed by atoms with Gasteiger partial charge in [0.15, 0.2) is 6.29 Å². The van der Waals surface area contributed by atoms with Crippen molar-refractivity contribution in [3.63, 3.8) is 0 Å². The number of hydrogen-bond donors (Lipinski definition) is 0. The second kappa shape index (κ2) is 8.12. The molecule has 0 radical (unpaired) electrons. The van der Waals surface area contributed by atoms with Crippen molar-refractivity contribution in [1.29, 1.82) is 0 Å². The molecule has 5 atom stereocenters. The minimum atomic E-state index is -0.564. The monoisotopic (exact) mass is 307 g/mol. The second-order valence-corrected chi connectivity index (χ2v) is 5.10. The van der Waals surface area contributed by atoms with Gasteiger partial charge >= 0.3 is 0 Å². The van der Waals surface area contributed by atoms with Gasteiger partial charge in [-0.1, -0.05) is 35.4 Å². The van der Waals surface area contributed by atoms with Crippen LogP contribution in [0.2, 0.25) is 0 Å². The van der Waals surface area contributed by atoms with Crippen LogP contribution < -0.4 is 0 Å². The van der Waals surface area contributed by atoms with Crippen LogP contribution >= 0.6 is 0 Å². The van der Waals surface area contributed by atoms with E-state index >= 15 is 0 Å². The number of azide groups is 1. The van der Waals surface area contributed by atoms with E-state index in [0.29, 0.717) is 6.61 Å². The molecule has 1 fully saturated rings. The quantitative estimate of drug-likeness (QED) is 0.459. The normalized spacial score (nSPS) is 31.5. The SMILES string of the molecule is CO[C@H]1O[C@@H](C)[C@@H](N=[N+]=[N-])[C@@H](OCc2ccccc2)[C@H]1OC. The highest BCUT2D eigenvalue weighted by molar-refractivity contribution is 5.13. The third-order valence-corrected chi connectivity index (χ3v) is 3.73. The molecule has 0 N–H and O–H groups in total. The number of ether oxygens (including phenoxy) is 4. The first-order valence-electron chi connectivity index (χ1n) is 7.12. The summed E-state index contributed by atoms with van der Waals surface area (Å²) in [5.74, 6) is 0. The van der Waals surface area contributed by atoms with E-state index in [2.05, 4.69) is 10.0 Å². The molecule has 0 unspecified atom stereocenters. The molecule has 1 aromatic carbocycles. The predicted octanol–water partition coefficient (Wildman–Crippen LogP) is 2.66. The smallest absolute Gasteiger partial charge is 0.186 e. The van der Waals surface area contributed by atoms with Gasteiger partial charge in [0.05, 0.1) is 18.8 Å². The summed E-state index contributed by atoms with van der Waals surface area (Å²) in [7, 11) is 3.10. The Morgan fingerprint density at radius 1 is 1.18 bits per heavy atom. The molecule has 0 saturated carbocycles. The van der Waals surface area contributed by atoms with Gasteiger partial charge in [-0.2, -0.15) is 0 Å². The number of rotatable bonds is 6. The van der Waals surface area contributed by atoms with Crippen molar-refractivity contribution in [2.75, 3.05) is 14.2 Å². The summed E-state index contributed by atoms with van der Waals surface area (Å²) in [5, 5.41) is 3.82. The highest BCUT2D eigenvalue weighted by Crippen LogP contribution is 2.28. The zero-order chi connectivity index (χ0) is 15.9. The maximum Gasteiger partial charge on any atom is 0.186 e. The summed E-state index contributed by atoms with van der Waals surface area (Å²) in [6.45, 7) is 2.22. The molecule has 7 nitrogen and oxygen atoms in total. The molecule has 1 aromatic rings. The summed E-state index contributed by atoms with van der Waals surface area (Å²) in [4.78, 5) is 2.90. The molecule has 0 aliphatic carbocycles. The van der Waals surface area contributed by atoms with Crippen molar-refractivity contribution in [1.82, 2.24) is 0 Å². The van der Waals surface area contributed by atoms with Crippen LogP contribution in [0.4, 0.5) is 0 Å². The van der Waals surface area contributed by atoms with Gasteiger partial charge in [0.25, 0.3) is 0 Å². The molecule has 0 amide bonds. The van der Waals surface area contributed by atoms with Gasteiger partial charge in [0.2, 0.25) is 0 Å². The summed E-state index contributed by atoms with van der Waals surface area (Å²) >= 11 is 0. The van der Waals surface area contributed by atoms with Crippen LogP contribution in [0.1, 0.15) is 12.5 Å². The molecule has 1 heterocycles. The van der Waals surface area contributed by atoms with E-state index in [1.165, 1.54) is 0 Å². The van der Waals surface area contributed by atoms with Gasteiger partial charge in [0.1, 0.15) is 12.2 Å². The van der Waals surface area contributed by atoms with Crippen LogP contribution in [-0.2, 0) is 25.6 Å². The van der Waals surface area contributed by atoms with Gasteiger partial charge in [-0.3, -0.25) is 0 Å². The predicted molar refractivity (Wildman–Crippen MR) is 80.1 cm³/mol. The Hall–Kier alpha value is -1.63. The van der Waals surface area contributed by atoms with E-state index in [9.17, 15) is 0 Å². The molecule has 0 aromatic heterocycles. The molecule has 0 bridgehead atoms. The van der Waals surface area contributed by atoms with Crippen molar-refractivity contribution < 1.29 is 18.9 Å². The zero-order valence-electron chi connectivity index (χ0n) is 13.0. The average Bonchev–Trinajstić information content (AvgIpc) is 2.55. The topological polar surface area (TPSA) is 85.7 Å². The van der Waals surface area contributed by atoms with Crippen molar-refractivity contribution >= 4 is 0 Å². The summed E-state index contributed by atoms with van der Waals surface area (Å²) in [6.07, 6.45) is -1.81. The third kappa shape index (κ3) is 3.76. The Morgan fingerprint density at radius 3 is 2.50 bits per heavy atom. The summed E-state index contributed by atoms with van der Waals surface area (Å²) in [5.41, 5.74) is 9.83. The Bertz CT molecular complexity index is 507. The first-order valence-corrected chi connectivity index (χ1v) is 7.12. The lowest BCUT2D eigenvalue weighted by atomic mass is 9.97. The van der Waals surface area contributed by atoms with Crippen LogP contribution in [0.5, 0.6) is 0 Å². The molecule has 7 heteroatoms. The molecule has 2 rings (SSSR count). The van der Waals surface area contributed by atoms with Crippen molar-refractivity contribution in [3.8, 4) is 0 Å². The highest BCUT2D eigenvalue weighted by atomic mass is 16.7. The molecule has 1 saturated heterocycles. The van der Waals surface area contributed by atoms with Gasteiger partial charge in [-0.25, -0.2) is 0 Å². The van der Waals surface area contributed by atoms with Gasteiger partial charge in [-0.05, 0) is 18.0 Å². The molecule has 0 spiro atoms. The Balaban J connectivity index is 2.17. The number of hydrogen-bond acceptors (Lipinski definition) is 5. The van der Waals surface area contributed by atoms with Crippen LogP contribution in [0, 0.1) is 0 Å². The zero-order valence-corrected chi connectivity index (χ0v) is 13.0. The van der Waals surface area contributed by atoms with Crippen LogP contribution in [0.25, 0.3) is 10.4 Å². The van der Waals surface area contributed by atoms with Crippen molar-refractivity contribution in [2.24, 2.45) is 5.11 Å². The summed E-state index contributed by atoms with van der Waals surface area (Å²) < 4.78 is 22.5. The van der Waals surface area contributed by atoms with E-state index < -0.39 is 24.5 Å². The Kier molecular flexibility index (Phi) is 6.18. The maximum absolute atomic E-state index is 8.80. The van der Waals surface area contributed by atoms with Crippen LogP contribution in [0.15, 0.2) is 35.4 Å². The van der Waals surface area contributed by atoms with Crippen molar-refractivity contribution in [2.45, 2.75) is 44.2 Å². The minimum absolute atomic E-state index is 0.326. The third-order valence-electron chi connectivity index (χ3n) is 3.73. The Labute approximate surface area is 129 Å². The first-order chi connectivity index (χ1) is 10.7. The maximum atomic E-state index is 8.80. The van der Waals surface area contributed by atoms with Crippen molar-refractivity contribution in [3.05, 3.63) is 46.3 Å². The standard InChI is InChI=1S/C15H21N3O4/c1-10-12(17-18-16)13(14(19-2)15(20-3)22-10)21-9-11-7-5-4-6-8-11/h4-8,10,12-15H,9H2,1-3H3/t10-,12+,13+,14+,15-/m0/s1. The molecule has 1 aliphatic heterocycles. The number of nitrogens with zero attached hydrogens (tertiary/aromatic N) is 3. The van der Waals surface area contributed by atoms with E-state index in [0.717, 1.165) is 5.56 Å². The van der Waals surface area contributed by atoms with E-state index in [1.807, 2.05) is 37.3 Å². The average molecular weight is 307 g/mol. The lowest BCUT2D eigenvalue weighted by molar-refractivity contribution is -0.275. The van der Waals surface area contributed by atoms with E-state index in [4.69, 9.17) is 24.5 Å². The van der Waals surface area contributed by atoms with Crippen LogP contribution in [0.3, 0.4) is 0 Å². The highest BCUT2D eigenvalue weighted by Gasteiger charge is 2.45. The fraction of sp³-hybridized carbons (Fsp3) is 0.600. The molecular weight excluding hydrogens is 286 g/mol. The van der Waals surface area contributed by atoms with Crippen LogP contribution in [-0.4, -0.2) is 44.9 Å². The van der Waals surface area contributed by atoms with Gasteiger partial charge < -0.3 is 18.9 Å². The second-order valence-electron chi connectivity index (χ2n) is 5.10. The number of benzene rings is 1. The fourth-order valence-corrected chi connectivity index (χ4v) is 2.60. The van der Waals surface area contributed by atoms with E-state index in [-0.39, 0.29) is 6.10 Å². The number of methoxy groups -OCH3 is 2. The lowest BCUT2D eigenvalue weighted by Crippen LogP contribution is -2.58. The van der Waals surface area contributed by atoms with E-state index in [1.54, 1.807) is 14.2 Å². The molecule has 120 valence electrons. The summed E-state index contributed by atoms with van der Waals surface area (Å²) in [6, 6.07) is 9.30. The molecule has 22 heavy (non-hydrogen) atoms. The van der Waals surface area contributed by atoms with Gasteiger partial charge in [0, 0.05) is 19.1 Å². The largest absolute Gasteiger partial charge is 0.373 e.